The van der Waals surface area contributed by atoms with Crippen LogP contribution in [0.2, 0.25) is 0 Å². The largest absolute Gasteiger partial charge is 0.478 e. The molecule has 6 heteroatoms. The van der Waals surface area contributed by atoms with Crippen molar-refractivity contribution in [1.29, 1.82) is 0 Å². The van der Waals surface area contributed by atoms with Crippen molar-refractivity contribution in [2.45, 2.75) is 25.1 Å². The van der Waals surface area contributed by atoms with Crippen molar-refractivity contribution in [2.75, 3.05) is 4.90 Å². The minimum Gasteiger partial charge on any atom is -0.478 e. The number of ether oxygens (including phenoxy) is 1. The Bertz CT molecular complexity index is 854. The average Bonchev–Trinajstić information content (AvgIpc) is 2.54. The summed E-state index contributed by atoms with van der Waals surface area (Å²) in [6.45, 7) is 1.98. The summed E-state index contributed by atoms with van der Waals surface area (Å²) >= 11 is 5.56. The molecule has 2 aliphatic heterocycles. The molecule has 2 N–H and O–H groups in total. The molecule has 0 radical (unpaired) electrons. The molecule has 5 nitrogen and oxygen atoms in total. The van der Waals surface area contributed by atoms with E-state index in [0.717, 1.165) is 11.3 Å². The summed E-state index contributed by atoms with van der Waals surface area (Å²) in [5.41, 5.74) is 1.35. The van der Waals surface area contributed by atoms with Gasteiger partial charge in [0.15, 0.2) is 10.8 Å². The average molecular weight is 340 g/mol. The van der Waals surface area contributed by atoms with Crippen molar-refractivity contribution in [3.63, 3.8) is 0 Å². The number of carbonyl (C=O) groups is 1. The van der Waals surface area contributed by atoms with E-state index in [9.17, 15) is 9.90 Å². The van der Waals surface area contributed by atoms with Crippen LogP contribution >= 0.6 is 12.2 Å². The molecule has 4 rings (SSSR count). The maximum Gasteiger partial charge on any atom is 0.335 e. The van der Waals surface area contributed by atoms with Gasteiger partial charge in [-0.1, -0.05) is 24.3 Å². The molecule has 2 bridgehead atoms. The molecule has 2 aromatic rings. The number of fused-ring (bicyclic) bond motifs is 4. The lowest BCUT2D eigenvalue weighted by Crippen LogP contribution is -2.65. The van der Waals surface area contributed by atoms with E-state index in [1.54, 1.807) is 18.2 Å². The van der Waals surface area contributed by atoms with Crippen molar-refractivity contribution in [1.82, 2.24) is 5.32 Å². The lowest BCUT2D eigenvalue weighted by molar-refractivity contribution is 0.0496. The number of nitrogens with zero attached hydrogens (tertiary/aromatic N) is 1. The SMILES string of the molecule is C[C@@]12C[C@H](NC(=S)N1c1cccc(C(=O)O)c1)c1ccccc1O2. The number of para-hydroxylation sites is 1. The molecule has 0 spiro atoms. The summed E-state index contributed by atoms with van der Waals surface area (Å²) in [4.78, 5) is 13.1. The van der Waals surface area contributed by atoms with Gasteiger partial charge in [-0.15, -0.1) is 0 Å². The maximum absolute atomic E-state index is 11.3. The van der Waals surface area contributed by atoms with Crippen LogP contribution in [-0.2, 0) is 0 Å². The van der Waals surface area contributed by atoms with E-state index in [1.165, 1.54) is 0 Å². The van der Waals surface area contributed by atoms with Crippen LogP contribution in [0.3, 0.4) is 0 Å². The van der Waals surface area contributed by atoms with Crippen molar-refractivity contribution in [3.8, 4) is 5.75 Å². The molecule has 0 saturated carbocycles. The Morgan fingerprint density at radius 2 is 2.12 bits per heavy atom. The molecule has 2 atom stereocenters. The summed E-state index contributed by atoms with van der Waals surface area (Å²) in [6, 6.07) is 14.7. The Morgan fingerprint density at radius 3 is 2.92 bits per heavy atom. The minimum absolute atomic E-state index is 0.0892. The molecular formula is C18H16N2O3S. The van der Waals surface area contributed by atoms with E-state index in [2.05, 4.69) is 5.32 Å². The van der Waals surface area contributed by atoms with Crippen molar-refractivity contribution in [2.24, 2.45) is 0 Å². The molecule has 2 aromatic carbocycles. The monoisotopic (exact) mass is 340 g/mol. The molecule has 0 amide bonds. The van der Waals surface area contributed by atoms with E-state index >= 15 is 0 Å². The molecular weight excluding hydrogens is 324 g/mol. The summed E-state index contributed by atoms with van der Waals surface area (Å²) in [7, 11) is 0. The zero-order chi connectivity index (χ0) is 16.9. The first-order valence-electron chi connectivity index (χ1n) is 7.70. The lowest BCUT2D eigenvalue weighted by Gasteiger charge is -2.52. The van der Waals surface area contributed by atoms with Gasteiger partial charge in [-0.25, -0.2) is 4.79 Å². The van der Waals surface area contributed by atoms with Gasteiger partial charge in [0.05, 0.1) is 11.6 Å². The number of rotatable bonds is 2. The van der Waals surface area contributed by atoms with Crippen LogP contribution in [0.25, 0.3) is 0 Å². The van der Waals surface area contributed by atoms with E-state index in [4.69, 9.17) is 17.0 Å². The van der Waals surface area contributed by atoms with Gasteiger partial charge in [-0.05, 0) is 43.4 Å². The van der Waals surface area contributed by atoms with E-state index in [1.807, 2.05) is 42.2 Å². The summed E-state index contributed by atoms with van der Waals surface area (Å²) in [6.07, 6.45) is 0.710. The van der Waals surface area contributed by atoms with Crippen molar-refractivity contribution < 1.29 is 14.6 Å². The highest BCUT2D eigenvalue weighted by Gasteiger charge is 2.48. The zero-order valence-corrected chi connectivity index (χ0v) is 13.8. The van der Waals surface area contributed by atoms with Crippen LogP contribution in [-0.4, -0.2) is 21.9 Å². The third kappa shape index (κ3) is 2.22. The highest BCUT2D eigenvalue weighted by atomic mass is 32.1. The quantitative estimate of drug-likeness (QED) is 0.818. The van der Waals surface area contributed by atoms with Crippen LogP contribution in [0.1, 0.15) is 35.3 Å². The fraction of sp³-hybridized carbons (Fsp3) is 0.222. The van der Waals surface area contributed by atoms with E-state index in [0.29, 0.717) is 17.2 Å². The van der Waals surface area contributed by atoms with Crippen LogP contribution < -0.4 is 15.0 Å². The number of carboxylic acids is 1. The Labute approximate surface area is 144 Å². The Morgan fingerprint density at radius 1 is 1.33 bits per heavy atom. The van der Waals surface area contributed by atoms with Crippen molar-refractivity contribution >= 4 is 29.0 Å². The molecule has 2 heterocycles. The topological polar surface area (TPSA) is 61.8 Å². The Hall–Kier alpha value is -2.60. The molecule has 2 aliphatic rings. The van der Waals surface area contributed by atoms with Gasteiger partial charge in [-0.3, -0.25) is 4.90 Å². The second-order valence-corrected chi connectivity index (χ2v) is 6.60. The fourth-order valence-corrected chi connectivity index (χ4v) is 3.93. The van der Waals surface area contributed by atoms with Crippen molar-refractivity contribution in [3.05, 3.63) is 59.7 Å². The van der Waals surface area contributed by atoms with Gasteiger partial charge in [0, 0.05) is 17.7 Å². The fourth-order valence-electron chi connectivity index (χ4n) is 3.49. The van der Waals surface area contributed by atoms with Crippen LogP contribution in [0.5, 0.6) is 5.75 Å². The Balaban J connectivity index is 1.79. The normalized spacial score (nSPS) is 24.6. The standard InChI is InChI=1S/C18H16N2O3S/c1-18-10-14(13-7-2-3-8-15(13)23-18)19-17(24)20(18)12-6-4-5-11(9-12)16(21)22/h2-9,14H,10H2,1H3,(H,19,24)(H,21,22)/t14-,18+/m0/s1. The first-order chi connectivity index (χ1) is 11.5. The number of thiocarbonyl (C=S) groups is 1. The third-order valence-corrected chi connectivity index (χ3v) is 4.83. The molecule has 0 aliphatic carbocycles. The van der Waals surface area contributed by atoms with Gasteiger partial charge in [0.2, 0.25) is 0 Å². The predicted octanol–water partition coefficient (Wildman–Crippen LogP) is 3.32. The first kappa shape index (κ1) is 15.0. The number of benzene rings is 2. The summed E-state index contributed by atoms with van der Waals surface area (Å²) in [5.74, 6) is -0.142. The molecule has 0 aromatic heterocycles. The van der Waals surface area contributed by atoms with Crippen LogP contribution in [0, 0.1) is 0 Å². The highest BCUT2D eigenvalue weighted by molar-refractivity contribution is 7.80. The first-order valence-corrected chi connectivity index (χ1v) is 8.11. The van der Waals surface area contributed by atoms with Crippen LogP contribution in [0.15, 0.2) is 48.5 Å². The highest BCUT2D eigenvalue weighted by Crippen LogP contribution is 2.45. The van der Waals surface area contributed by atoms with Gasteiger partial charge >= 0.3 is 5.97 Å². The zero-order valence-electron chi connectivity index (χ0n) is 13.0. The second kappa shape index (κ2) is 5.21. The van der Waals surface area contributed by atoms with Gasteiger partial charge in [0.25, 0.3) is 0 Å². The number of anilines is 1. The molecule has 1 saturated heterocycles. The van der Waals surface area contributed by atoms with E-state index in [-0.39, 0.29) is 11.6 Å². The van der Waals surface area contributed by atoms with E-state index < -0.39 is 11.7 Å². The van der Waals surface area contributed by atoms with Gasteiger partial charge in [0.1, 0.15) is 5.75 Å². The second-order valence-electron chi connectivity index (χ2n) is 6.21. The smallest absolute Gasteiger partial charge is 0.335 e. The predicted molar refractivity (Wildman–Crippen MR) is 94.4 cm³/mol. The number of aromatic carboxylic acids is 1. The van der Waals surface area contributed by atoms with Crippen LogP contribution in [0.4, 0.5) is 5.69 Å². The molecule has 0 unspecified atom stereocenters. The summed E-state index contributed by atoms with van der Waals surface area (Å²) in [5, 5.41) is 13.1. The molecule has 1 fully saturated rings. The molecule has 24 heavy (non-hydrogen) atoms. The number of hydrogen-bond acceptors (Lipinski definition) is 3. The number of nitrogens with one attached hydrogen (secondary N) is 1. The molecule has 122 valence electrons. The number of carboxylic acid groups (broad SMARTS) is 1. The summed E-state index contributed by atoms with van der Waals surface area (Å²) < 4.78 is 6.28. The maximum atomic E-state index is 11.3. The Kier molecular flexibility index (Phi) is 3.25. The lowest BCUT2D eigenvalue weighted by atomic mass is 9.90. The third-order valence-electron chi connectivity index (χ3n) is 4.53. The minimum atomic E-state index is -0.967. The van der Waals surface area contributed by atoms with Gasteiger partial charge < -0.3 is 15.2 Å². The number of hydrogen-bond donors (Lipinski definition) is 2. The van der Waals surface area contributed by atoms with Gasteiger partial charge in [-0.2, -0.15) is 0 Å².